The van der Waals surface area contributed by atoms with E-state index < -0.39 is 0 Å². The molecule has 2 bridgehead atoms. The van der Waals surface area contributed by atoms with Gasteiger partial charge in [-0.3, -0.25) is 14.4 Å². The van der Waals surface area contributed by atoms with Gasteiger partial charge in [0.1, 0.15) is 5.75 Å². The summed E-state index contributed by atoms with van der Waals surface area (Å²) in [5.74, 6) is 0.195. The first kappa shape index (κ1) is 18.4. The van der Waals surface area contributed by atoms with Gasteiger partial charge in [0, 0.05) is 10.6 Å². The zero-order valence-corrected chi connectivity index (χ0v) is 16.5. The molecule has 4 atom stereocenters. The van der Waals surface area contributed by atoms with Crippen LogP contribution in [0.25, 0.3) is 0 Å². The molecule has 1 saturated heterocycles. The Morgan fingerprint density at radius 3 is 2.24 bits per heavy atom. The summed E-state index contributed by atoms with van der Waals surface area (Å²) in [5.41, 5.74) is 0.923. The number of benzene rings is 2. The first-order valence-electron chi connectivity index (χ1n) is 9.93. The van der Waals surface area contributed by atoms with Crippen LogP contribution >= 0.6 is 11.6 Å². The van der Waals surface area contributed by atoms with Crippen molar-refractivity contribution in [2.24, 2.45) is 23.7 Å². The van der Waals surface area contributed by atoms with Gasteiger partial charge in [-0.05, 0) is 67.5 Å². The van der Waals surface area contributed by atoms with E-state index in [0.717, 1.165) is 19.3 Å². The Bertz CT molecular complexity index is 974. The van der Waals surface area contributed by atoms with E-state index in [2.05, 4.69) is 0 Å². The molecule has 2 amide bonds. The molecule has 2 aromatic rings. The number of fused-ring (bicyclic) bond motifs is 5. The third-order valence-electron chi connectivity index (χ3n) is 6.56. The molecule has 0 N–H and O–H groups in total. The molecule has 1 aliphatic heterocycles. The maximum atomic E-state index is 13.1. The predicted octanol–water partition coefficient (Wildman–Crippen LogP) is 4.14. The number of carbonyl (C=O) groups is 3. The average molecular weight is 410 g/mol. The number of Topliss-reactive ketones (excluding diaryl/α,β-unsaturated/α-hetero) is 1. The lowest BCUT2D eigenvalue weighted by Gasteiger charge is -2.20. The Morgan fingerprint density at radius 2 is 1.59 bits per heavy atom. The Kier molecular flexibility index (Phi) is 4.43. The molecule has 6 heteroatoms. The number of para-hydroxylation sites is 2. The summed E-state index contributed by atoms with van der Waals surface area (Å²) in [6.07, 6.45) is 3.06. The van der Waals surface area contributed by atoms with Gasteiger partial charge < -0.3 is 4.74 Å². The second kappa shape index (κ2) is 6.99. The highest BCUT2D eigenvalue weighted by Gasteiger charge is 2.61. The number of anilines is 1. The number of halogens is 1. The molecule has 2 aliphatic carbocycles. The maximum Gasteiger partial charge on any atom is 0.238 e. The summed E-state index contributed by atoms with van der Waals surface area (Å²) in [6.45, 7) is -0.188. The normalized spacial score (nSPS) is 27.4. The highest BCUT2D eigenvalue weighted by Crippen LogP contribution is 2.57. The fourth-order valence-corrected chi connectivity index (χ4v) is 5.40. The van der Waals surface area contributed by atoms with E-state index in [4.69, 9.17) is 16.3 Å². The predicted molar refractivity (Wildman–Crippen MR) is 108 cm³/mol. The summed E-state index contributed by atoms with van der Waals surface area (Å²) in [7, 11) is 0. The summed E-state index contributed by atoms with van der Waals surface area (Å²) in [6, 6.07) is 13.5. The van der Waals surface area contributed by atoms with Gasteiger partial charge in [0.2, 0.25) is 11.8 Å². The number of ether oxygens (including phenoxy) is 1. The fourth-order valence-electron chi connectivity index (χ4n) is 5.27. The molecule has 148 valence electrons. The van der Waals surface area contributed by atoms with Crippen LogP contribution < -0.4 is 9.64 Å². The van der Waals surface area contributed by atoms with Gasteiger partial charge in [-0.25, -0.2) is 4.90 Å². The second-order valence-corrected chi connectivity index (χ2v) is 8.52. The minimum Gasteiger partial charge on any atom is -0.483 e. The maximum absolute atomic E-state index is 13.1. The molecule has 2 saturated carbocycles. The van der Waals surface area contributed by atoms with E-state index in [0.29, 0.717) is 33.9 Å². The van der Waals surface area contributed by atoms with Crippen LogP contribution in [0.5, 0.6) is 5.75 Å². The van der Waals surface area contributed by atoms with Crippen LogP contribution in [0, 0.1) is 23.7 Å². The lowest BCUT2D eigenvalue weighted by atomic mass is 9.81. The van der Waals surface area contributed by atoms with Crippen LogP contribution in [-0.2, 0) is 9.59 Å². The van der Waals surface area contributed by atoms with Gasteiger partial charge in [0.25, 0.3) is 0 Å². The molecule has 1 heterocycles. The molecular weight excluding hydrogens is 390 g/mol. The first-order chi connectivity index (χ1) is 14.0. The van der Waals surface area contributed by atoms with Gasteiger partial charge in [-0.2, -0.15) is 0 Å². The minimum absolute atomic E-state index is 0.118. The van der Waals surface area contributed by atoms with Gasteiger partial charge in [0.15, 0.2) is 12.4 Å². The van der Waals surface area contributed by atoms with Crippen molar-refractivity contribution in [1.82, 2.24) is 0 Å². The second-order valence-electron chi connectivity index (χ2n) is 8.08. The van der Waals surface area contributed by atoms with Crippen molar-refractivity contribution < 1.29 is 19.1 Å². The lowest BCUT2D eigenvalue weighted by Crippen LogP contribution is -2.33. The van der Waals surface area contributed by atoms with Crippen molar-refractivity contribution in [3.8, 4) is 5.75 Å². The van der Waals surface area contributed by atoms with Crippen molar-refractivity contribution in [3.05, 3.63) is 59.1 Å². The summed E-state index contributed by atoms with van der Waals surface area (Å²) in [5, 5.41) is 0.554. The van der Waals surface area contributed by atoms with E-state index in [1.54, 1.807) is 48.5 Å². The number of nitrogens with zero attached hydrogens (tertiary/aromatic N) is 1. The molecule has 0 spiro atoms. The molecule has 3 fully saturated rings. The van der Waals surface area contributed by atoms with Crippen molar-refractivity contribution in [3.63, 3.8) is 0 Å². The largest absolute Gasteiger partial charge is 0.483 e. The third-order valence-corrected chi connectivity index (χ3v) is 6.81. The van der Waals surface area contributed by atoms with Crippen molar-refractivity contribution in [2.45, 2.75) is 19.3 Å². The molecule has 2 aromatic carbocycles. The van der Waals surface area contributed by atoms with Crippen LogP contribution in [0.4, 0.5) is 5.69 Å². The molecule has 3 aliphatic rings. The van der Waals surface area contributed by atoms with E-state index >= 15 is 0 Å². The quantitative estimate of drug-likeness (QED) is 0.550. The highest BCUT2D eigenvalue weighted by molar-refractivity contribution is 6.30. The number of imide groups is 1. The van der Waals surface area contributed by atoms with E-state index in [-0.39, 0.29) is 36.0 Å². The molecule has 0 aromatic heterocycles. The number of hydrogen-bond acceptors (Lipinski definition) is 4. The van der Waals surface area contributed by atoms with E-state index in [1.165, 1.54) is 4.90 Å². The number of amides is 2. The van der Waals surface area contributed by atoms with Crippen LogP contribution in [-0.4, -0.2) is 24.2 Å². The Hall–Kier alpha value is -2.66. The molecule has 29 heavy (non-hydrogen) atoms. The van der Waals surface area contributed by atoms with Gasteiger partial charge >= 0.3 is 0 Å². The standard InChI is InChI=1S/C23H20ClNO4/c24-16-9-7-13(8-10-16)18(26)12-29-19-4-2-1-3-17(19)25-22(27)20-14-5-6-15(11-14)21(20)23(25)28/h1-4,7-10,14-15,20-21H,5-6,11-12H2/t14-,15+,20-,21-/m0/s1. The van der Waals surface area contributed by atoms with Crippen LogP contribution in [0.2, 0.25) is 5.02 Å². The van der Waals surface area contributed by atoms with Crippen molar-refractivity contribution in [1.29, 1.82) is 0 Å². The minimum atomic E-state index is -0.203. The highest BCUT2D eigenvalue weighted by atomic mass is 35.5. The lowest BCUT2D eigenvalue weighted by molar-refractivity contribution is -0.123. The molecule has 0 radical (unpaired) electrons. The van der Waals surface area contributed by atoms with Gasteiger partial charge in [0.05, 0.1) is 17.5 Å². The Balaban J connectivity index is 1.37. The van der Waals surface area contributed by atoms with Crippen LogP contribution in [0.1, 0.15) is 29.6 Å². The molecular formula is C23H20ClNO4. The summed E-state index contributed by atoms with van der Waals surface area (Å²) in [4.78, 5) is 39.9. The zero-order chi connectivity index (χ0) is 20.1. The molecule has 5 rings (SSSR count). The van der Waals surface area contributed by atoms with Crippen LogP contribution in [0.3, 0.4) is 0 Å². The number of carbonyl (C=O) groups excluding carboxylic acids is 3. The number of ketones is 1. The van der Waals surface area contributed by atoms with E-state index in [9.17, 15) is 14.4 Å². The van der Waals surface area contributed by atoms with Crippen molar-refractivity contribution >= 4 is 34.9 Å². The van der Waals surface area contributed by atoms with E-state index in [1.807, 2.05) is 0 Å². The topological polar surface area (TPSA) is 63.7 Å². The Morgan fingerprint density at radius 1 is 0.966 bits per heavy atom. The number of hydrogen-bond donors (Lipinski definition) is 0. The SMILES string of the molecule is O=C(COc1ccccc1N1C(=O)[C@H]2[C@@H]3CC[C@@H](C3)[C@@H]2C1=O)c1ccc(Cl)cc1. The smallest absolute Gasteiger partial charge is 0.238 e. The number of rotatable bonds is 5. The zero-order valence-electron chi connectivity index (χ0n) is 15.7. The van der Waals surface area contributed by atoms with Gasteiger partial charge in [-0.15, -0.1) is 0 Å². The third kappa shape index (κ3) is 2.96. The fraction of sp³-hybridized carbons (Fsp3) is 0.348. The monoisotopic (exact) mass is 409 g/mol. The molecule has 5 nitrogen and oxygen atoms in total. The summed E-state index contributed by atoms with van der Waals surface area (Å²) >= 11 is 5.86. The first-order valence-corrected chi connectivity index (χ1v) is 10.3. The van der Waals surface area contributed by atoms with Crippen LogP contribution in [0.15, 0.2) is 48.5 Å². The average Bonchev–Trinajstić information content (AvgIpc) is 3.41. The molecule has 0 unspecified atom stereocenters. The Labute approximate surface area is 173 Å². The van der Waals surface area contributed by atoms with Gasteiger partial charge in [-0.1, -0.05) is 23.7 Å². The van der Waals surface area contributed by atoms with Crippen molar-refractivity contribution in [2.75, 3.05) is 11.5 Å². The summed E-state index contributed by atoms with van der Waals surface area (Å²) < 4.78 is 5.76.